The first-order chi connectivity index (χ1) is 9.55. The number of ether oxygens (including phenoxy) is 1. The van der Waals surface area contributed by atoms with Crippen molar-refractivity contribution < 1.29 is 9.53 Å². The van der Waals surface area contributed by atoms with E-state index in [9.17, 15) is 4.79 Å². The standard InChI is InChI=1S/C14H16ClN3O2/c1-3-18-8-9(16)6-12(18)14(19)17-10-4-5-13(20-2)11(15)7-10/h4-8H,3,16H2,1-2H3,(H,17,19). The number of amides is 1. The van der Waals surface area contributed by atoms with Crippen molar-refractivity contribution in [3.8, 4) is 5.75 Å². The molecular weight excluding hydrogens is 278 g/mol. The van der Waals surface area contributed by atoms with Crippen molar-refractivity contribution >= 4 is 28.9 Å². The molecule has 1 aromatic heterocycles. The van der Waals surface area contributed by atoms with E-state index in [4.69, 9.17) is 22.1 Å². The number of aryl methyl sites for hydroxylation is 1. The summed E-state index contributed by atoms with van der Waals surface area (Å²) in [7, 11) is 1.54. The summed E-state index contributed by atoms with van der Waals surface area (Å²) in [5.74, 6) is 0.329. The van der Waals surface area contributed by atoms with E-state index in [1.807, 2.05) is 6.92 Å². The van der Waals surface area contributed by atoms with E-state index < -0.39 is 0 Å². The lowest BCUT2D eigenvalue weighted by atomic mass is 10.3. The Kier molecular flexibility index (Phi) is 4.20. The smallest absolute Gasteiger partial charge is 0.272 e. The second kappa shape index (κ2) is 5.88. The summed E-state index contributed by atoms with van der Waals surface area (Å²) in [6.07, 6.45) is 1.73. The molecule has 0 radical (unpaired) electrons. The maximum atomic E-state index is 12.2. The highest BCUT2D eigenvalue weighted by molar-refractivity contribution is 6.32. The van der Waals surface area contributed by atoms with Crippen LogP contribution in [0.3, 0.4) is 0 Å². The van der Waals surface area contributed by atoms with E-state index in [-0.39, 0.29) is 5.91 Å². The quantitative estimate of drug-likeness (QED) is 0.910. The molecule has 3 N–H and O–H groups in total. The van der Waals surface area contributed by atoms with Crippen molar-refractivity contribution in [2.24, 2.45) is 0 Å². The molecule has 5 nitrogen and oxygen atoms in total. The minimum atomic E-state index is -0.232. The third-order valence-electron chi connectivity index (χ3n) is 2.90. The summed E-state index contributed by atoms with van der Waals surface area (Å²) < 4.78 is 6.85. The van der Waals surface area contributed by atoms with Gasteiger partial charge in [-0.2, -0.15) is 0 Å². The van der Waals surface area contributed by atoms with Crippen LogP contribution in [-0.2, 0) is 6.54 Å². The number of carbonyl (C=O) groups excluding carboxylic acids is 1. The normalized spacial score (nSPS) is 10.3. The molecule has 0 aliphatic rings. The highest BCUT2D eigenvalue weighted by Crippen LogP contribution is 2.27. The van der Waals surface area contributed by atoms with Gasteiger partial charge in [0, 0.05) is 18.4 Å². The number of benzene rings is 1. The number of carbonyl (C=O) groups is 1. The molecule has 106 valence electrons. The lowest BCUT2D eigenvalue weighted by Gasteiger charge is -2.09. The SMILES string of the molecule is CCn1cc(N)cc1C(=O)Nc1ccc(OC)c(Cl)c1. The van der Waals surface area contributed by atoms with Gasteiger partial charge in [0.15, 0.2) is 0 Å². The number of aromatic nitrogens is 1. The maximum absolute atomic E-state index is 12.2. The fraction of sp³-hybridized carbons (Fsp3) is 0.214. The number of nitrogens with two attached hydrogens (primary N) is 1. The molecule has 1 heterocycles. The average molecular weight is 294 g/mol. The summed E-state index contributed by atoms with van der Waals surface area (Å²) >= 11 is 6.02. The number of nitrogen functional groups attached to an aromatic ring is 1. The van der Waals surface area contributed by atoms with E-state index in [0.29, 0.717) is 34.4 Å². The number of hydrogen-bond donors (Lipinski definition) is 2. The number of nitrogens with one attached hydrogen (secondary N) is 1. The third-order valence-corrected chi connectivity index (χ3v) is 3.20. The van der Waals surface area contributed by atoms with Crippen molar-refractivity contribution in [1.82, 2.24) is 4.57 Å². The Labute approximate surface area is 122 Å². The Morgan fingerprint density at radius 1 is 1.45 bits per heavy atom. The Morgan fingerprint density at radius 3 is 2.80 bits per heavy atom. The van der Waals surface area contributed by atoms with Gasteiger partial charge in [0.2, 0.25) is 0 Å². The molecule has 2 rings (SSSR count). The molecule has 2 aromatic rings. The fourth-order valence-electron chi connectivity index (χ4n) is 1.92. The molecule has 20 heavy (non-hydrogen) atoms. The Balaban J connectivity index is 2.21. The van der Waals surface area contributed by atoms with Crippen molar-refractivity contribution in [3.05, 3.63) is 41.2 Å². The highest BCUT2D eigenvalue weighted by Gasteiger charge is 2.13. The second-order valence-corrected chi connectivity index (χ2v) is 4.66. The van der Waals surface area contributed by atoms with Crippen molar-refractivity contribution in [3.63, 3.8) is 0 Å². The van der Waals surface area contributed by atoms with Crippen LogP contribution in [-0.4, -0.2) is 17.6 Å². The predicted octanol–water partition coefficient (Wildman–Crippen LogP) is 3.00. The van der Waals surface area contributed by atoms with Gasteiger partial charge in [0.05, 0.1) is 17.8 Å². The van der Waals surface area contributed by atoms with Gasteiger partial charge in [-0.05, 0) is 31.2 Å². The molecule has 0 saturated heterocycles. The minimum absolute atomic E-state index is 0.232. The van der Waals surface area contributed by atoms with E-state index in [0.717, 1.165) is 0 Å². The molecule has 1 aromatic carbocycles. The summed E-state index contributed by atoms with van der Waals surface area (Å²) in [6.45, 7) is 2.61. The van der Waals surface area contributed by atoms with Crippen LogP contribution in [0.1, 0.15) is 17.4 Å². The van der Waals surface area contributed by atoms with Crippen molar-refractivity contribution in [2.45, 2.75) is 13.5 Å². The molecule has 1 amide bonds. The van der Waals surface area contributed by atoms with Crippen LogP contribution in [0.5, 0.6) is 5.75 Å². The van der Waals surface area contributed by atoms with Crippen LogP contribution in [0, 0.1) is 0 Å². The van der Waals surface area contributed by atoms with Crippen molar-refractivity contribution in [2.75, 3.05) is 18.2 Å². The third kappa shape index (κ3) is 2.88. The molecule has 0 unspecified atom stereocenters. The first kappa shape index (κ1) is 14.3. The molecule has 0 bridgehead atoms. The Bertz CT molecular complexity index is 637. The van der Waals surface area contributed by atoms with Gasteiger partial charge in [0.1, 0.15) is 11.4 Å². The monoisotopic (exact) mass is 293 g/mol. The number of hydrogen-bond acceptors (Lipinski definition) is 3. The number of nitrogens with zero attached hydrogens (tertiary/aromatic N) is 1. The summed E-state index contributed by atoms with van der Waals surface area (Å²) in [6, 6.07) is 6.71. The Hall–Kier alpha value is -2.14. The van der Waals surface area contributed by atoms with Gasteiger partial charge in [-0.1, -0.05) is 11.6 Å². The van der Waals surface area contributed by atoms with Gasteiger partial charge in [-0.25, -0.2) is 0 Å². The van der Waals surface area contributed by atoms with Crippen LogP contribution >= 0.6 is 11.6 Å². The lowest BCUT2D eigenvalue weighted by Crippen LogP contribution is -2.16. The topological polar surface area (TPSA) is 69.3 Å². The maximum Gasteiger partial charge on any atom is 0.272 e. The summed E-state index contributed by atoms with van der Waals surface area (Å²) in [4.78, 5) is 12.2. The van der Waals surface area contributed by atoms with E-state index in [1.54, 1.807) is 35.0 Å². The van der Waals surface area contributed by atoms with E-state index >= 15 is 0 Å². The molecule has 0 aliphatic heterocycles. The number of rotatable bonds is 4. The van der Waals surface area contributed by atoms with Gasteiger partial charge in [-0.15, -0.1) is 0 Å². The van der Waals surface area contributed by atoms with Crippen LogP contribution in [0.15, 0.2) is 30.5 Å². The van der Waals surface area contributed by atoms with Gasteiger partial charge in [0.25, 0.3) is 5.91 Å². The molecule has 0 spiro atoms. The highest BCUT2D eigenvalue weighted by atomic mass is 35.5. The molecule has 6 heteroatoms. The zero-order valence-electron chi connectivity index (χ0n) is 11.3. The minimum Gasteiger partial charge on any atom is -0.495 e. The molecule has 0 fully saturated rings. The fourth-order valence-corrected chi connectivity index (χ4v) is 2.18. The lowest BCUT2D eigenvalue weighted by molar-refractivity contribution is 0.101. The zero-order valence-corrected chi connectivity index (χ0v) is 12.1. The molecule has 0 saturated carbocycles. The summed E-state index contributed by atoms with van der Waals surface area (Å²) in [5.41, 5.74) is 7.38. The van der Waals surface area contributed by atoms with Gasteiger partial charge >= 0.3 is 0 Å². The molecule has 0 atom stereocenters. The number of halogens is 1. The average Bonchev–Trinajstić information content (AvgIpc) is 2.80. The first-order valence-corrected chi connectivity index (χ1v) is 6.53. The number of methoxy groups -OCH3 is 1. The molecular formula is C14H16ClN3O2. The first-order valence-electron chi connectivity index (χ1n) is 6.15. The predicted molar refractivity (Wildman–Crippen MR) is 80.5 cm³/mol. The summed E-state index contributed by atoms with van der Waals surface area (Å²) in [5, 5.41) is 3.22. The van der Waals surface area contributed by atoms with E-state index in [2.05, 4.69) is 5.32 Å². The van der Waals surface area contributed by atoms with Crippen molar-refractivity contribution in [1.29, 1.82) is 0 Å². The number of anilines is 2. The Morgan fingerprint density at radius 2 is 2.20 bits per heavy atom. The van der Waals surface area contributed by atoms with Crippen LogP contribution in [0.2, 0.25) is 5.02 Å². The second-order valence-electron chi connectivity index (χ2n) is 4.25. The van der Waals surface area contributed by atoms with E-state index in [1.165, 1.54) is 7.11 Å². The van der Waals surface area contributed by atoms with Crippen LogP contribution < -0.4 is 15.8 Å². The van der Waals surface area contributed by atoms with Crippen LogP contribution in [0.4, 0.5) is 11.4 Å². The van der Waals surface area contributed by atoms with Gasteiger partial charge in [-0.3, -0.25) is 4.79 Å². The molecule has 0 aliphatic carbocycles. The largest absolute Gasteiger partial charge is 0.495 e. The van der Waals surface area contributed by atoms with Gasteiger partial charge < -0.3 is 20.4 Å². The zero-order chi connectivity index (χ0) is 14.7. The van der Waals surface area contributed by atoms with Crippen LogP contribution in [0.25, 0.3) is 0 Å².